The molecule has 0 aromatic rings. The van der Waals surface area contributed by atoms with Gasteiger partial charge >= 0.3 is 0 Å². The number of hydrogen-bond acceptors (Lipinski definition) is 2. The van der Waals surface area contributed by atoms with Crippen LogP contribution in [0, 0.1) is 11.8 Å². The summed E-state index contributed by atoms with van der Waals surface area (Å²) in [6.07, 6.45) is 8.70. The van der Waals surface area contributed by atoms with Crippen molar-refractivity contribution in [2.24, 2.45) is 11.8 Å². The molecule has 0 aromatic heterocycles. The topological polar surface area (TPSA) is 15.3 Å². The third kappa shape index (κ3) is 2.98. The maximum absolute atomic E-state index is 3.33. The van der Waals surface area contributed by atoms with E-state index in [2.05, 4.69) is 24.2 Å². The number of nitrogens with zero attached hydrogens (tertiary/aromatic N) is 1. The molecule has 1 aliphatic heterocycles. The Bertz CT molecular complexity index is 205. The molecule has 0 radical (unpaired) electrons. The molecule has 1 saturated carbocycles. The maximum atomic E-state index is 3.33. The van der Waals surface area contributed by atoms with Crippen LogP contribution in [0.3, 0.4) is 0 Å². The molecule has 16 heavy (non-hydrogen) atoms. The van der Waals surface area contributed by atoms with Gasteiger partial charge in [-0.25, -0.2) is 0 Å². The Morgan fingerprint density at radius 3 is 2.81 bits per heavy atom. The van der Waals surface area contributed by atoms with Crippen LogP contribution in [0.4, 0.5) is 0 Å². The van der Waals surface area contributed by atoms with Crippen LogP contribution in [-0.4, -0.2) is 37.6 Å². The molecule has 0 aromatic carbocycles. The maximum Gasteiger partial charge on any atom is 0.00980 e. The van der Waals surface area contributed by atoms with Crippen LogP contribution in [0.1, 0.15) is 45.4 Å². The monoisotopic (exact) mass is 224 g/mol. The Balaban J connectivity index is 1.79. The molecule has 3 atom stereocenters. The van der Waals surface area contributed by atoms with Crippen molar-refractivity contribution in [2.45, 2.75) is 51.5 Å². The van der Waals surface area contributed by atoms with E-state index in [9.17, 15) is 0 Å². The van der Waals surface area contributed by atoms with Gasteiger partial charge in [-0.3, -0.25) is 0 Å². The fourth-order valence-corrected chi connectivity index (χ4v) is 3.61. The highest BCUT2D eigenvalue weighted by atomic mass is 15.2. The van der Waals surface area contributed by atoms with E-state index in [0.29, 0.717) is 0 Å². The average molecular weight is 224 g/mol. The minimum Gasteiger partial charge on any atom is -0.319 e. The lowest BCUT2D eigenvalue weighted by Crippen LogP contribution is -2.37. The van der Waals surface area contributed by atoms with Crippen molar-refractivity contribution in [3.05, 3.63) is 0 Å². The molecular weight excluding hydrogens is 196 g/mol. The van der Waals surface area contributed by atoms with Crippen LogP contribution in [-0.2, 0) is 0 Å². The Kier molecular flexibility index (Phi) is 4.66. The van der Waals surface area contributed by atoms with Gasteiger partial charge in [-0.2, -0.15) is 0 Å². The van der Waals surface area contributed by atoms with Crippen LogP contribution in [0.5, 0.6) is 0 Å². The molecule has 2 aliphatic rings. The Morgan fingerprint density at radius 1 is 1.19 bits per heavy atom. The summed E-state index contributed by atoms with van der Waals surface area (Å²) in [4.78, 5) is 2.78. The molecule has 1 N–H and O–H groups in total. The first kappa shape index (κ1) is 12.4. The summed E-state index contributed by atoms with van der Waals surface area (Å²) in [5.74, 6) is 1.93. The zero-order chi connectivity index (χ0) is 11.4. The van der Waals surface area contributed by atoms with Crippen LogP contribution < -0.4 is 5.32 Å². The summed E-state index contributed by atoms with van der Waals surface area (Å²) in [6, 6.07) is 0.917. The SMILES string of the molecule is CCC1CCCC(N2CCC(CNC)C2)C1. The quantitative estimate of drug-likeness (QED) is 0.789. The van der Waals surface area contributed by atoms with Crippen molar-refractivity contribution in [2.75, 3.05) is 26.7 Å². The average Bonchev–Trinajstić information content (AvgIpc) is 2.78. The molecular formula is C14H28N2. The molecule has 94 valence electrons. The molecule has 0 amide bonds. The second kappa shape index (κ2) is 6.02. The van der Waals surface area contributed by atoms with E-state index >= 15 is 0 Å². The van der Waals surface area contributed by atoms with Gasteiger partial charge in [-0.05, 0) is 51.2 Å². The van der Waals surface area contributed by atoms with Crippen LogP contribution in [0.15, 0.2) is 0 Å². The van der Waals surface area contributed by atoms with E-state index in [1.807, 2.05) is 0 Å². The third-order valence-electron chi connectivity index (χ3n) is 4.66. The molecule has 2 fully saturated rings. The third-order valence-corrected chi connectivity index (χ3v) is 4.66. The number of nitrogens with one attached hydrogen (secondary N) is 1. The molecule has 0 bridgehead atoms. The summed E-state index contributed by atoms with van der Waals surface area (Å²) < 4.78 is 0. The van der Waals surface area contributed by atoms with E-state index in [1.165, 1.54) is 58.2 Å². The van der Waals surface area contributed by atoms with Gasteiger partial charge in [0, 0.05) is 12.6 Å². The van der Waals surface area contributed by atoms with E-state index in [-0.39, 0.29) is 0 Å². The van der Waals surface area contributed by atoms with Gasteiger partial charge in [0.2, 0.25) is 0 Å². The minimum absolute atomic E-state index is 0.909. The molecule has 2 heteroatoms. The van der Waals surface area contributed by atoms with Gasteiger partial charge < -0.3 is 10.2 Å². The van der Waals surface area contributed by atoms with E-state index < -0.39 is 0 Å². The second-order valence-electron chi connectivity index (χ2n) is 5.80. The fourth-order valence-electron chi connectivity index (χ4n) is 3.61. The predicted octanol–water partition coefficient (Wildman–Crippen LogP) is 2.50. The van der Waals surface area contributed by atoms with Crippen molar-refractivity contribution in [3.8, 4) is 0 Å². The standard InChI is InChI=1S/C14H28N2/c1-3-12-5-4-6-14(9-12)16-8-7-13(11-16)10-15-2/h12-15H,3-11H2,1-2H3. The Hall–Kier alpha value is -0.0800. The minimum atomic E-state index is 0.909. The highest BCUT2D eigenvalue weighted by Crippen LogP contribution is 2.32. The van der Waals surface area contributed by atoms with Gasteiger partial charge in [0.1, 0.15) is 0 Å². The molecule has 1 heterocycles. The fraction of sp³-hybridized carbons (Fsp3) is 1.00. The number of likely N-dealkylation sites (tertiary alicyclic amines) is 1. The van der Waals surface area contributed by atoms with Crippen LogP contribution in [0.2, 0.25) is 0 Å². The van der Waals surface area contributed by atoms with Crippen molar-refractivity contribution < 1.29 is 0 Å². The van der Waals surface area contributed by atoms with Gasteiger partial charge in [-0.15, -0.1) is 0 Å². The van der Waals surface area contributed by atoms with Crippen molar-refractivity contribution in [1.82, 2.24) is 10.2 Å². The number of rotatable bonds is 4. The van der Waals surface area contributed by atoms with Gasteiger partial charge in [0.05, 0.1) is 0 Å². The van der Waals surface area contributed by atoms with Gasteiger partial charge in [0.25, 0.3) is 0 Å². The molecule has 0 spiro atoms. The molecule has 2 rings (SSSR count). The first-order valence-electron chi connectivity index (χ1n) is 7.22. The highest BCUT2D eigenvalue weighted by Gasteiger charge is 2.30. The Morgan fingerprint density at radius 2 is 2.06 bits per heavy atom. The number of hydrogen-bond donors (Lipinski definition) is 1. The van der Waals surface area contributed by atoms with Crippen molar-refractivity contribution in [1.29, 1.82) is 0 Å². The first-order valence-corrected chi connectivity index (χ1v) is 7.22. The predicted molar refractivity (Wildman–Crippen MR) is 69.6 cm³/mol. The lowest BCUT2D eigenvalue weighted by Gasteiger charge is -2.35. The first-order chi connectivity index (χ1) is 7.83. The zero-order valence-corrected chi connectivity index (χ0v) is 11.0. The second-order valence-corrected chi connectivity index (χ2v) is 5.80. The van der Waals surface area contributed by atoms with Crippen LogP contribution >= 0.6 is 0 Å². The molecule has 2 nitrogen and oxygen atoms in total. The summed E-state index contributed by atoms with van der Waals surface area (Å²) in [5.41, 5.74) is 0. The summed E-state index contributed by atoms with van der Waals surface area (Å²) >= 11 is 0. The lowest BCUT2D eigenvalue weighted by atomic mass is 9.83. The summed E-state index contributed by atoms with van der Waals surface area (Å²) in [5, 5.41) is 3.33. The lowest BCUT2D eigenvalue weighted by molar-refractivity contribution is 0.150. The van der Waals surface area contributed by atoms with E-state index in [1.54, 1.807) is 0 Å². The zero-order valence-electron chi connectivity index (χ0n) is 11.0. The summed E-state index contributed by atoms with van der Waals surface area (Å²) in [6.45, 7) is 6.27. The molecule has 1 aliphatic carbocycles. The molecule has 3 unspecified atom stereocenters. The summed E-state index contributed by atoms with van der Waals surface area (Å²) in [7, 11) is 2.08. The van der Waals surface area contributed by atoms with Crippen molar-refractivity contribution in [3.63, 3.8) is 0 Å². The molecule has 1 saturated heterocycles. The smallest absolute Gasteiger partial charge is 0.00980 e. The van der Waals surface area contributed by atoms with Crippen LogP contribution in [0.25, 0.3) is 0 Å². The highest BCUT2D eigenvalue weighted by molar-refractivity contribution is 4.85. The van der Waals surface area contributed by atoms with Gasteiger partial charge in [-0.1, -0.05) is 26.2 Å². The van der Waals surface area contributed by atoms with E-state index in [4.69, 9.17) is 0 Å². The van der Waals surface area contributed by atoms with Gasteiger partial charge in [0.15, 0.2) is 0 Å². The largest absolute Gasteiger partial charge is 0.319 e. The van der Waals surface area contributed by atoms with Crippen molar-refractivity contribution >= 4 is 0 Å². The van der Waals surface area contributed by atoms with E-state index in [0.717, 1.165) is 17.9 Å². The normalized spacial score (nSPS) is 36.8. The Labute approximate surface area is 101 Å².